The van der Waals surface area contributed by atoms with Crippen molar-refractivity contribution in [3.8, 4) is 5.75 Å². The van der Waals surface area contributed by atoms with Crippen molar-refractivity contribution in [1.82, 2.24) is 9.97 Å². The van der Waals surface area contributed by atoms with Crippen molar-refractivity contribution >= 4 is 29.0 Å². The van der Waals surface area contributed by atoms with Crippen LogP contribution in [0.4, 0.5) is 14.5 Å². The van der Waals surface area contributed by atoms with Gasteiger partial charge in [-0.15, -0.1) is 0 Å². The number of rotatable bonds is 6. The van der Waals surface area contributed by atoms with E-state index >= 15 is 0 Å². The fourth-order valence-corrected chi connectivity index (χ4v) is 3.91. The maximum absolute atomic E-state index is 13.6. The molecule has 0 bridgehead atoms. The summed E-state index contributed by atoms with van der Waals surface area (Å²) >= 11 is 0. The first kappa shape index (κ1) is 21.9. The average molecular weight is 443 g/mol. The van der Waals surface area contributed by atoms with Gasteiger partial charge in [-0.05, 0) is 37.8 Å². The Balaban J connectivity index is 1.59. The van der Waals surface area contributed by atoms with Gasteiger partial charge in [-0.1, -0.05) is 6.07 Å². The van der Waals surface area contributed by atoms with Gasteiger partial charge in [-0.2, -0.15) is 8.78 Å². The Hall–Kier alpha value is -3.36. The van der Waals surface area contributed by atoms with Gasteiger partial charge in [0.05, 0.1) is 12.8 Å². The van der Waals surface area contributed by atoms with Crippen LogP contribution in [0.1, 0.15) is 60.6 Å². The number of aromatic nitrogens is 2. The number of halogens is 2. The van der Waals surface area contributed by atoms with E-state index < -0.39 is 17.5 Å². The van der Waals surface area contributed by atoms with Crippen LogP contribution in [-0.4, -0.2) is 29.3 Å². The number of fused-ring (bicyclic) bond motifs is 1. The number of anilines is 1. The highest BCUT2D eigenvalue weighted by atomic mass is 19.3. The number of methoxy groups -OCH3 is 1. The molecule has 1 fully saturated rings. The van der Waals surface area contributed by atoms with Crippen LogP contribution in [0.25, 0.3) is 11.1 Å². The summed E-state index contributed by atoms with van der Waals surface area (Å²) in [5, 5.41) is 2.65. The van der Waals surface area contributed by atoms with Crippen molar-refractivity contribution in [2.45, 2.75) is 44.4 Å². The number of carbonyl (C=O) groups excluding carboxylic acids is 2. The predicted octanol–water partition coefficient (Wildman–Crippen LogP) is 5.07. The maximum Gasteiger partial charge on any atom is 0.287 e. The summed E-state index contributed by atoms with van der Waals surface area (Å²) in [7, 11) is 1.45. The van der Waals surface area contributed by atoms with Crippen LogP contribution < -0.4 is 10.1 Å². The van der Waals surface area contributed by atoms with Crippen LogP contribution in [-0.2, 0) is 10.7 Å². The molecule has 1 amide bonds. The first-order chi connectivity index (χ1) is 15.3. The summed E-state index contributed by atoms with van der Waals surface area (Å²) in [6.07, 6.45) is 4.26. The van der Waals surface area contributed by atoms with Crippen molar-refractivity contribution in [2.24, 2.45) is 5.92 Å². The van der Waals surface area contributed by atoms with Gasteiger partial charge < -0.3 is 19.3 Å². The number of amides is 1. The monoisotopic (exact) mass is 443 g/mol. The number of pyridine rings is 1. The fourth-order valence-electron chi connectivity index (χ4n) is 3.91. The lowest BCUT2D eigenvalue weighted by Crippen LogP contribution is -2.17. The van der Waals surface area contributed by atoms with Gasteiger partial charge >= 0.3 is 0 Å². The van der Waals surface area contributed by atoms with E-state index in [-0.39, 0.29) is 17.5 Å². The molecule has 2 aromatic heterocycles. The van der Waals surface area contributed by atoms with Gasteiger partial charge in [-0.25, -0.2) is 9.97 Å². The lowest BCUT2D eigenvalue weighted by molar-refractivity contribution is -0.112. The second kappa shape index (κ2) is 8.64. The topological polar surface area (TPSA) is 94.3 Å². The molecule has 168 valence electrons. The molecular formula is C23H23F2N3O4. The van der Waals surface area contributed by atoms with Crippen LogP contribution in [0.2, 0.25) is 0 Å². The molecule has 0 radical (unpaired) electrons. The molecule has 3 aromatic rings. The second-order valence-corrected chi connectivity index (χ2v) is 8.07. The van der Waals surface area contributed by atoms with E-state index in [1.165, 1.54) is 25.3 Å². The van der Waals surface area contributed by atoms with Gasteiger partial charge in [0.15, 0.2) is 11.5 Å². The van der Waals surface area contributed by atoms with Crippen LogP contribution in [0.5, 0.6) is 5.75 Å². The van der Waals surface area contributed by atoms with Crippen molar-refractivity contribution in [3.63, 3.8) is 0 Å². The number of ether oxygens (including phenoxy) is 1. The number of hydrogen-bond acceptors (Lipinski definition) is 6. The summed E-state index contributed by atoms with van der Waals surface area (Å²) in [6, 6.07) is 7.13. The van der Waals surface area contributed by atoms with E-state index in [2.05, 4.69) is 15.3 Å². The minimum absolute atomic E-state index is 0.0947. The zero-order valence-corrected chi connectivity index (χ0v) is 17.7. The molecule has 0 aliphatic heterocycles. The van der Waals surface area contributed by atoms with E-state index in [9.17, 15) is 18.4 Å². The van der Waals surface area contributed by atoms with E-state index in [4.69, 9.17) is 9.15 Å². The molecule has 0 unspecified atom stereocenters. The van der Waals surface area contributed by atoms with Gasteiger partial charge in [-0.3, -0.25) is 4.79 Å². The lowest BCUT2D eigenvalue weighted by Gasteiger charge is -2.22. The SMILES string of the molecule is COc1cc2nc(C3CCC(C=O)CC3)oc2cc1NC(=O)c1cccc(C(C)(F)F)n1. The Morgan fingerprint density at radius 2 is 1.97 bits per heavy atom. The van der Waals surface area contributed by atoms with Crippen LogP contribution in [0.3, 0.4) is 0 Å². The Labute approximate surface area is 183 Å². The molecule has 9 heteroatoms. The molecule has 0 spiro atoms. The third-order valence-electron chi connectivity index (χ3n) is 5.72. The smallest absolute Gasteiger partial charge is 0.287 e. The molecular weight excluding hydrogens is 420 g/mol. The Bertz CT molecular complexity index is 1150. The fraction of sp³-hybridized carbons (Fsp3) is 0.391. The summed E-state index contributed by atoms with van der Waals surface area (Å²) in [5.41, 5.74) is 0.731. The summed E-state index contributed by atoms with van der Waals surface area (Å²) < 4.78 is 38.5. The number of carbonyl (C=O) groups is 2. The van der Waals surface area contributed by atoms with Gasteiger partial charge in [0.2, 0.25) is 0 Å². The number of benzene rings is 1. The van der Waals surface area contributed by atoms with Crippen molar-refractivity contribution in [1.29, 1.82) is 0 Å². The highest BCUT2D eigenvalue weighted by molar-refractivity contribution is 6.04. The highest BCUT2D eigenvalue weighted by Gasteiger charge is 2.28. The number of aldehydes is 1. The minimum atomic E-state index is -3.16. The van der Waals surface area contributed by atoms with Gasteiger partial charge in [0, 0.05) is 30.9 Å². The molecule has 7 nitrogen and oxygen atoms in total. The van der Waals surface area contributed by atoms with Crippen LogP contribution in [0.15, 0.2) is 34.7 Å². The molecule has 2 heterocycles. The zero-order chi connectivity index (χ0) is 22.9. The molecule has 1 saturated carbocycles. The van der Waals surface area contributed by atoms with Crippen molar-refractivity contribution in [2.75, 3.05) is 12.4 Å². The molecule has 1 N–H and O–H groups in total. The summed E-state index contributed by atoms with van der Waals surface area (Å²) in [6.45, 7) is 0.723. The second-order valence-electron chi connectivity index (χ2n) is 8.07. The van der Waals surface area contributed by atoms with E-state index in [0.717, 1.165) is 38.9 Å². The first-order valence-electron chi connectivity index (χ1n) is 10.4. The van der Waals surface area contributed by atoms with E-state index in [0.29, 0.717) is 28.4 Å². The molecule has 4 rings (SSSR count). The molecule has 1 aromatic carbocycles. The molecule has 1 aliphatic carbocycles. The Morgan fingerprint density at radius 1 is 1.22 bits per heavy atom. The minimum Gasteiger partial charge on any atom is -0.494 e. The first-order valence-corrected chi connectivity index (χ1v) is 10.4. The Morgan fingerprint density at radius 3 is 2.62 bits per heavy atom. The van der Waals surface area contributed by atoms with Crippen molar-refractivity contribution < 1.29 is 27.5 Å². The van der Waals surface area contributed by atoms with Crippen LogP contribution >= 0.6 is 0 Å². The molecule has 1 aliphatic rings. The average Bonchev–Trinajstić information content (AvgIpc) is 3.21. The maximum atomic E-state index is 13.6. The number of nitrogens with one attached hydrogen (secondary N) is 1. The number of alkyl halides is 2. The highest BCUT2D eigenvalue weighted by Crippen LogP contribution is 2.38. The summed E-state index contributed by atoms with van der Waals surface area (Å²) in [5.74, 6) is -2.64. The number of oxazole rings is 1. The largest absolute Gasteiger partial charge is 0.494 e. The van der Waals surface area contributed by atoms with Gasteiger partial charge in [0.25, 0.3) is 11.8 Å². The van der Waals surface area contributed by atoms with Gasteiger partial charge in [0.1, 0.15) is 28.9 Å². The predicted molar refractivity (Wildman–Crippen MR) is 113 cm³/mol. The summed E-state index contributed by atoms with van der Waals surface area (Å²) in [4.78, 5) is 32.0. The molecule has 0 saturated heterocycles. The van der Waals surface area contributed by atoms with Crippen molar-refractivity contribution in [3.05, 3.63) is 47.6 Å². The van der Waals surface area contributed by atoms with E-state index in [1.807, 2.05) is 0 Å². The number of nitrogens with zero attached hydrogens (tertiary/aromatic N) is 2. The van der Waals surface area contributed by atoms with E-state index in [1.54, 1.807) is 12.1 Å². The standard InChI is InChI=1S/C23H23F2N3O4/c1-23(24,25)20-5-3-4-15(26-20)21(30)27-16-11-19-17(10-18(16)31-2)28-22(32-19)14-8-6-13(12-29)7-9-14/h3-5,10-14H,6-9H2,1-2H3,(H,27,30). The lowest BCUT2D eigenvalue weighted by atomic mass is 9.83. The van der Waals surface area contributed by atoms with Crippen LogP contribution in [0, 0.1) is 5.92 Å². The normalized spacial score (nSPS) is 19.0. The number of hydrogen-bond donors (Lipinski definition) is 1. The molecule has 0 atom stereocenters. The quantitative estimate of drug-likeness (QED) is 0.535. The zero-order valence-electron chi connectivity index (χ0n) is 17.7. The third-order valence-corrected chi connectivity index (χ3v) is 5.72. The Kier molecular flexibility index (Phi) is 5.90. The molecule has 32 heavy (non-hydrogen) atoms. The third kappa shape index (κ3) is 4.46.